The Bertz CT molecular complexity index is 1620. The van der Waals surface area contributed by atoms with Crippen molar-refractivity contribution in [3.63, 3.8) is 0 Å². The molecule has 1 amide bonds. The quantitative estimate of drug-likeness (QED) is 0.0644. The van der Waals surface area contributed by atoms with E-state index in [4.69, 9.17) is 23.7 Å². The fourth-order valence-electron chi connectivity index (χ4n) is 4.35. The van der Waals surface area contributed by atoms with Crippen molar-refractivity contribution < 1.29 is 38.1 Å². The first kappa shape index (κ1) is 35.5. The normalized spacial score (nSPS) is 10.6. The van der Waals surface area contributed by atoms with Crippen LogP contribution < -0.4 is 29.0 Å². The molecule has 0 atom stereocenters. The fourth-order valence-corrected chi connectivity index (χ4v) is 4.35. The highest BCUT2D eigenvalue weighted by Gasteiger charge is 2.18. The minimum Gasteiger partial charge on any atom is -0.494 e. The van der Waals surface area contributed by atoms with Crippen LogP contribution in [0.4, 0.5) is 5.69 Å². The molecule has 0 aliphatic rings. The van der Waals surface area contributed by atoms with Crippen LogP contribution in [0.3, 0.4) is 0 Å². The van der Waals surface area contributed by atoms with Gasteiger partial charge in [0.05, 0.1) is 36.6 Å². The number of rotatable bonds is 18. The Balaban J connectivity index is 1.51. The van der Waals surface area contributed by atoms with E-state index >= 15 is 0 Å². The first-order chi connectivity index (χ1) is 23.4. The van der Waals surface area contributed by atoms with Crippen molar-refractivity contribution >= 4 is 23.5 Å². The van der Waals surface area contributed by atoms with Gasteiger partial charge in [-0.3, -0.25) is 4.79 Å². The van der Waals surface area contributed by atoms with Crippen LogP contribution >= 0.6 is 0 Å². The first-order valence-corrected chi connectivity index (χ1v) is 16.5. The summed E-state index contributed by atoms with van der Waals surface area (Å²) in [5, 5.41) is 2.80. The van der Waals surface area contributed by atoms with Gasteiger partial charge in [0.1, 0.15) is 23.0 Å². The molecule has 0 radical (unpaired) electrons. The lowest BCUT2D eigenvalue weighted by Crippen LogP contribution is -2.15. The zero-order valence-corrected chi connectivity index (χ0v) is 27.8. The second-order valence-corrected chi connectivity index (χ2v) is 11.1. The third-order valence-electron chi connectivity index (χ3n) is 7.21. The lowest BCUT2D eigenvalue weighted by Gasteiger charge is -2.14. The molecule has 4 rings (SSSR count). The molecule has 0 saturated heterocycles. The predicted octanol–water partition coefficient (Wildman–Crippen LogP) is 8.91. The second-order valence-electron chi connectivity index (χ2n) is 11.1. The maximum Gasteiger partial charge on any atom is 0.343 e. The summed E-state index contributed by atoms with van der Waals surface area (Å²) in [6, 6.07) is 24.4. The van der Waals surface area contributed by atoms with E-state index in [-0.39, 0.29) is 22.7 Å². The molecule has 48 heavy (non-hydrogen) atoms. The molecule has 0 bridgehead atoms. The Morgan fingerprint density at radius 1 is 0.500 bits per heavy atom. The number of carbonyl (C=O) groups excluding carboxylic acids is 3. The number of ether oxygens (including phenoxy) is 5. The van der Waals surface area contributed by atoms with Crippen LogP contribution in [0, 0.1) is 0 Å². The van der Waals surface area contributed by atoms with E-state index in [0.29, 0.717) is 48.2 Å². The number of amides is 1. The minimum atomic E-state index is -0.665. The molecule has 0 fully saturated rings. The lowest BCUT2D eigenvalue weighted by atomic mass is 10.2. The number of hydrogen-bond acceptors (Lipinski definition) is 8. The van der Waals surface area contributed by atoms with Crippen LogP contribution in [0.25, 0.3) is 0 Å². The van der Waals surface area contributed by atoms with Gasteiger partial charge < -0.3 is 29.0 Å². The van der Waals surface area contributed by atoms with Gasteiger partial charge in [0.2, 0.25) is 0 Å². The maximum absolute atomic E-state index is 13.2. The van der Waals surface area contributed by atoms with Crippen molar-refractivity contribution in [2.75, 3.05) is 25.1 Å². The summed E-state index contributed by atoms with van der Waals surface area (Å²) in [5.74, 6) is 0.398. The molecule has 0 spiro atoms. The van der Waals surface area contributed by atoms with Gasteiger partial charge >= 0.3 is 11.9 Å². The van der Waals surface area contributed by atoms with Gasteiger partial charge in [0.15, 0.2) is 5.75 Å². The number of nitrogens with one attached hydrogen (secondary N) is 1. The number of hydrogen-bond donors (Lipinski definition) is 1. The number of carbonyl (C=O) groups is 3. The Labute approximate surface area is 282 Å². The van der Waals surface area contributed by atoms with Gasteiger partial charge in [-0.15, -0.1) is 0 Å². The highest BCUT2D eigenvalue weighted by atomic mass is 16.5. The summed E-state index contributed by atoms with van der Waals surface area (Å²) in [7, 11) is 0. The molecule has 0 heterocycles. The SMILES string of the molecule is CCCCOc1ccc(C(=O)Nc2ccc(OC(=O)c3ccc(OCCCC)cc3)cc2OC(=O)c2ccc(OCCCC)cc2)cc1. The zero-order valence-electron chi connectivity index (χ0n) is 27.8. The van der Waals surface area contributed by atoms with Crippen molar-refractivity contribution in [2.45, 2.75) is 59.3 Å². The Morgan fingerprint density at radius 2 is 0.896 bits per heavy atom. The summed E-state index contributed by atoms with van der Waals surface area (Å²) in [6.45, 7) is 8.03. The first-order valence-electron chi connectivity index (χ1n) is 16.5. The van der Waals surface area contributed by atoms with Gasteiger partial charge in [-0.05, 0) is 104 Å². The Kier molecular flexibility index (Phi) is 13.9. The molecule has 0 unspecified atom stereocenters. The molecule has 4 aromatic rings. The molecule has 252 valence electrons. The average Bonchev–Trinajstić information content (AvgIpc) is 3.10. The number of anilines is 1. The van der Waals surface area contributed by atoms with Crippen LogP contribution in [-0.2, 0) is 0 Å². The lowest BCUT2D eigenvalue weighted by molar-refractivity contribution is 0.0732. The summed E-state index contributed by atoms with van der Waals surface area (Å²) < 4.78 is 28.4. The largest absolute Gasteiger partial charge is 0.494 e. The number of benzene rings is 4. The van der Waals surface area contributed by atoms with Crippen molar-refractivity contribution in [3.05, 3.63) is 108 Å². The standard InChI is InChI=1S/C39H43NO8/c1-4-7-24-44-31-16-10-28(11-17-31)37(41)40-35-23-22-34(47-38(42)29-12-18-32(19-13-29)45-25-8-5-2)27-36(35)48-39(43)30-14-20-33(21-15-30)46-26-9-6-3/h10-23,27H,4-9,24-26H2,1-3H3,(H,40,41). The summed E-state index contributed by atoms with van der Waals surface area (Å²) >= 11 is 0. The zero-order chi connectivity index (χ0) is 34.1. The van der Waals surface area contributed by atoms with Gasteiger partial charge in [0, 0.05) is 11.6 Å². The average molecular weight is 654 g/mol. The molecule has 1 N–H and O–H groups in total. The van der Waals surface area contributed by atoms with E-state index in [2.05, 4.69) is 26.1 Å². The summed E-state index contributed by atoms with van der Waals surface area (Å²) in [6.07, 6.45) is 5.85. The molecule has 9 heteroatoms. The van der Waals surface area contributed by atoms with Crippen molar-refractivity contribution in [2.24, 2.45) is 0 Å². The Hall–Kier alpha value is -5.31. The second kappa shape index (κ2) is 18.7. The molecule has 0 aliphatic carbocycles. The number of esters is 2. The minimum absolute atomic E-state index is 0.00103. The van der Waals surface area contributed by atoms with Crippen LogP contribution in [0.1, 0.15) is 90.4 Å². The van der Waals surface area contributed by atoms with Gasteiger partial charge in [-0.25, -0.2) is 9.59 Å². The van der Waals surface area contributed by atoms with E-state index < -0.39 is 17.8 Å². The Morgan fingerprint density at radius 3 is 1.33 bits per heavy atom. The van der Waals surface area contributed by atoms with Crippen LogP contribution in [-0.4, -0.2) is 37.7 Å². The van der Waals surface area contributed by atoms with E-state index in [1.807, 2.05) is 0 Å². The van der Waals surface area contributed by atoms with Crippen molar-refractivity contribution in [1.82, 2.24) is 0 Å². The van der Waals surface area contributed by atoms with E-state index in [0.717, 1.165) is 38.5 Å². The van der Waals surface area contributed by atoms with E-state index in [1.54, 1.807) is 72.8 Å². The fraction of sp³-hybridized carbons (Fsp3) is 0.308. The highest BCUT2D eigenvalue weighted by molar-refractivity contribution is 6.05. The molecule has 0 saturated carbocycles. The third kappa shape index (κ3) is 10.9. The van der Waals surface area contributed by atoms with Gasteiger partial charge in [0.25, 0.3) is 5.91 Å². The molecular formula is C39H43NO8. The molecular weight excluding hydrogens is 610 g/mol. The topological polar surface area (TPSA) is 109 Å². The van der Waals surface area contributed by atoms with Gasteiger partial charge in [-0.2, -0.15) is 0 Å². The van der Waals surface area contributed by atoms with Crippen molar-refractivity contribution in [1.29, 1.82) is 0 Å². The van der Waals surface area contributed by atoms with E-state index in [1.165, 1.54) is 18.2 Å². The predicted molar refractivity (Wildman–Crippen MR) is 185 cm³/mol. The number of unbranched alkanes of at least 4 members (excludes halogenated alkanes) is 3. The third-order valence-corrected chi connectivity index (χ3v) is 7.21. The van der Waals surface area contributed by atoms with E-state index in [9.17, 15) is 14.4 Å². The summed E-state index contributed by atoms with van der Waals surface area (Å²) in [4.78, 5) is 39.4. The van der Waals surface area contributed by atoms with Crippen LogP contribution in [0.2, 0.25) is 0 Å². The smallest absolute Gasteiger partial charge is 0.343 e. The monoisotopic (exact) mass is 653 g/mol. The molecule has 4 aromatic carbocycles. The van der Waals surface area contributed by atoms with Crippen LogP contribution in [0.15, 0.2) is 91.0 Å². The van der Waals surface area contributed by atoms with Crippen molar-refractivity contribution in [3.8, 4) is 28.7 Å². The molecule has 0 aliphatic heterocycles. The van der Waals surface area contributed by atoms with Crippen LogP contribution in [0.5, 0.6) is 28.7 Å². The highest BCUT2D eigenvalue weighted by Crippen LogP contribution is 2.32. The van der Waals surface area contributed by atoms with Gasteiger partial charge in [-0.1, -0.05) is 40.0 Å². The summed E-state index contributed by atoms with van der Waals surface area (Å²) in [5.41, 5.74) is 1.19. The maximum atomic E-state index is 13.2. The molecule has 0 aromatic heterocycles. The molecule has 9 nitrogen and oxygen atoms in total.